The topological polar surface area (TPSA) is 72.5 Å². The molecule has 41 heavy (non-hydrogen) atoms. The van der Waals surface area contributed by atoms with Gasteiger partial charge in [-0.2, -0.15) is 0 Å². The summed E-state index contributed by atoms with van der Waals surface area (Å²) in [5.41, 5.74) is 0. The van der Waals surface area contributed by atoms with Crippen molar-refractivity contribution in [3.8, 4) is 0 Å². The van der Waals surface area contributed by atoms with Gasteiger partial charge in [-0.05, 0) is 50.4 Å². The SMILES string of the molecule is CCCCOC[C@H]1O[C@@H](C(CC)CCC(CCC)CC(=O)OC)[C@H](OCCCC)[C@@H](OCCCC)[C@@H]1OCCCC. The van der Waals surface area contributed by atoms with Crippen molar-refractivity contribution in [1.29, 1.82) is 0 Å². The van der Waals surface area contributed by atoms with Gasteiger partial charge >= 0.3 is 5.97 Å². The molecule has 7 atom stereocenters. The molecule has 7 nitrogen and oxygen atoms in total. The third-order valence-electron chi connectivity index (χ3n) is 8.33. The van der Waals surface area contributed by atoms with E-state index in [0.29, 0.717) is 38.8 Å². The first kappa shape index (κ1) is 38.3. The van der Waals surface area contributed by atoms with Crippen LogP contribution in [0.2, 0.25) is 0 Å². The highest BCUT2D eigenvalue weighted by Gasteiger charge is 2.50. The quantitative estimate of drug-likeness (QED) is 0.0753. The molecule has 7 heteroatoms. The van der Waals surface area contributed by atoms with Crippen LogP contribution in [0.15, 0.2) is 0 Å². The first-order valence-electron chi connectivity index (χ1n) is 17.2. The molecule has 0 aromatic carbocycles. The number of methoxy groups -OCH3 is 1. The fourth-order valence-corrected chi connectivity index (χ4v) is 5.70. The maximum absolute atomic E-state index is 12.1. The van der Waals surface area contributed by atoms with Crippen molar-refractivity contribution in [1.82, 2.24) is 0 Å². The molecule has 1 heterocycles. The minimum absolute atomic E-state index is 0.116. The molecule has 0 amide bonds. The van der Waals surface area contributed by atoms with Crippen LogP contribution in [0.1, 0.15) is 131 Å². The molecule has 1 rings (SSSR count). The molecule has 1 saturated heterocycles. The predicted molar refractivity (Wildman–Crippen MR) is 166 cm³/mol. The Hall–Kier alpha value is -0.730. The molecular formula is C34H66O7. The zero-order valence-corrected chi connectivity index (χ0v) is 27.8. The Morgan fingerprint density at radius 1 is 0.683 bits per heavy atom. The van der Waals surface area contributed by atoms with Crippen LogP contribution in [-0.2, 0) is 33.2 Å². The Balaban J connectivity index is 3.30. The molecule has 244 valence electrons. The summed E-state index contributed by atoms with van der Waals surface area (Å²) in [7, 11) is 1.48. The van der Waals surface area contributed by atoms with Gasteiger partial charge < -0.3 is 28.4 Å². The van der Waals surface area contributed by atoms with Gasteiger partial charge in [0.1, 0.15) is 24.4 Å². The number of carbonyl (C=O) groups excluding carboxylic acids is 1. The van der Waals surface area contributed by atoms with E-state index in [-0.39, 0.29) is 42.4 Å². The summed E-state index contributed by atoms with van der Waals surface area (Å²) < 4.78 is 38.1. The fourth-order valence-electron chi connectivity index (χ4n) is 5.70. The minimum atomic E-state index is -0.229. The van der Waals surface area contributed by atoms with Gasteiger partial charge in [0.2, 0.25) is 0 Å². The van der Waals surface area contributed by atoms with Gasteiger partial charge in [0, 0.05) is 32.8 Å². The first-order chi connectivity index (χ1) is 20.0. The Morgan fingerprint density at radius 3 is 1.78 bits per heavy atom. The van der Waals surface area contributed by atoms with Crippen molar-refractivity contribution in [2.24, 2.45) is 11.8 Å². The summed E-state index contributed by atoms with van der Waals surface area (Å²) in [6, 6.07) is 0. The van der Waals surface area contributed by atoms with E-state index in [9.17, 15) is 4.79 Å². The summed E-state index contributed by atoms with van der Waals surface area (Å²) in [6.07, 6.45) is 12.9. The average Bonchev–Trinajstić information content (AvgIpc) is 2.97. The monoisotopic (exact) mass is 586 g/mol. The van der Waals surface area contributed by atoms with Crippen molar-refractivity contribution < 1.29 is 33.2 Å². The van der Waals surface area contributed by atoms with Crippen LogP contribution < -0.4 is 0 Å². The molecule has 1 aliphatic heterocycles. The molecule has 0 radical (unpaired) electrons. The maximum atomic E-state index is 12.1. The van der Waals surface area contributed by atoms with Crippen molar-refractivity contribution in [2.45, 2.75) is 162 Å². The second kappa shape index (κ2) is 24.7. The number of unbranched alkanes of at least 4 members (excludes halogenated alkanes) is 4. The number of hydrogen-bond donors (Lipinski definition) is 0. The van der Waals surface area contributed by atoms with E-state index in [4.69, 9.17) is 28.4 Å². The number of rotatable bonds is 26. The number of carbonyl (C=O) groups is 1. The van der Waals surface area contributed by atoms with Gasteiger partial charge in [0.05, 0.1) is 19.8 Å². The number of hydrogen-bond acceptors (Lipinski definition) is 7. The van der Waals surface area contributed by atoms with Gasteiger partial charge in [-0.25, -0.2) is 0 Å². The molecular weight excluding hydrogens is 520 g/mol. The second-order valence-corrected chi connectivity index (χ2v) is 11.8. The zero-order chi connectivity index (χ0) is 30.3. The second-order valence-electron chi connectivity index (χ2n) is 11.8. The van der Waals surface area contributed by atoms with Crippen LogP contribution in [0.4, 0.5) is 0 Å². The molecule has 0 aromatic rings. The van der Waals surface area contributed by atoms with Crippen molar-refractivity contribution >= 4 is 5.97 Å². The minimum Gasteiger partial charge on any atom is -0.469 e. The van der Waals surface area contributed by atoms with Crippen molar-refractivity contribution in [2.75, 3.05) is 40.1 Å². The van der Waals surface area contributed by atoms with Crippen molar-refractivity contribution in [3.63, 3.8) is 0 Å². The summed E-state index contributed by atoms with van der Waals surface area (Å²) in [5, 5.41) is 0. The lowest BCUT2D eigenvalue weighted by molar-refractivity contribution is -0.276. The first-order valence-corrected chi connectivity index (χ1v) is 17.2. The largest absolute Gasteiger partial charge is 0.469 e. The average molecular weight is 587 g/mol. The molecule has 1 fully saturated rings. The maximum Gasteiger partial charge on any atom is 0.305 e. The standard InChI is InChI=1S/C34H66O7/c1-8-14-21-37-26-29-32(38-22-15-9-2)34(40-24-17-11-4)33(39-23-16-10-3)31(41-29)28(13-6)20-19-27(18-12-5)25-30(35)36-7/h27-29,31-34H,8-26H2,1-7H3/t27?,28?,29-,31+,32-,33+,34+/m1/s1. The molecule has 1 aliphatic rings. The fraction of sp³-hybridized carbons (Fsp3) is 0.971. The third-order valence-corrected chi connectivity index (χ3v) is 8.33. The van der Waals surface area contributed by atoms with Crippen LogP contribution in [0.3, 0.4) is 0 Å². The number of ether oxygens (including phenoxy) is 6. The Kier molecular flexibility index (Phi) is 23.1. The van der Waals surface area contributed by atoms with E-state index >= 15 is 0 Å². The normalized spacial score (nSPS) is 24.3. The molecule has 0 aromatic heterocycles. The van der Waals surface area contributed by atoms with Gasteiger partial charge in [0.25, 0.3) is 0 Å². The van der Waals surface area contributed by atoms with E-state index < -0.39 is 0 Å². The van der Waals surface area contributed by atoms with E-state index in [1.807, 2.05) is 0 Å². The van der Waals surface area contributed by atoms with Crippen LogP contribution >= 0.6 is 0 Å². The van der Waals surface area contributed by atoms with Crippen LogP contribution in [0.25, 0.3) is 0 Å². The molecule has 2 unspecified atom stereocenters. The van der Waals surface area contributed by atoms with Gasteiger partial charge in [0.15, 0.2) is 0 Å². The smallest absolute Gasteiger partial charge is 0.305 e. The molecule has 0 aliphatic carbocycles. The van der Waals surface area contributed by atoms with Gasteiger partial charge in [-0.15, -0.1) is 0 Å². The summed E-state index contributed by atoms with van der Waals surface area (Å²) in [4.78, 5) is 12.1. The van der Waals surface area contributed by atoms with E-state index in [1.54, 1.807) is 0 Å². The highest BCUT2D eigenvalue weighted by atomic mass is 16.6. The van der Waals surface area contributed by atoms with E-state index in [1.165, 1.54) is 7.11 Å². The summed E-state index contributed by atoms with van der Waals surface area (Å²) >= 11 is 0. The molecule has 0 bridgehead atoms. The lowest BCUT2D eigenvalue weighted by Crippen LogP contribution is -2.63. The Morgan fingerprint density at radius 2 is 1.24 bits per heavy atom. The Bertz CT molecular complexity index is 616. The molecule has 0 saturated carbocycles. The molecule has 0 N–H and O–H groups in total. The lowest BCUT2D eigenvalue weighted by Gasteiger charge is -2.48. The van der Waals surface area contributed by atoms with E-state index in [0.717, 1.165) is 90.1 Å². The van der Waals surface area contributed by atoms with Crippen LogP contribution in [-0.4, -0.2) is 76.6 Å². The third kappa shape index (κ3) is 15.0. The summed E-state index contributed by atoms with van der Waals surface area (Å²) in [6.45, 7) is 16.5. The van der Waals surface area contributed by atoms with Gasteiger partial charge in [-0.1, -0.05) is 86.5 Å². The Labute approximate surface area is 253 Å². The van der Waals surface area contributed by atoms with Gasteiger partial charge in [-0.3, -0.25) is 4.79 Å². The van der Waals surface area contributed by atoms with Crippen molar-refractivity contribution in [3.05, 3.63) is 0 Å². The molecule has 0 spiro atoms. The highest BCUT2D eigenvalue weighted by Crippen LogP contribution is 2.36. The number of esters is 1. The van der Waals surface area contributed by atoms with E-state index in [2.05, 4.69) is 41.5 Å². The lowest BCUT2D eigenvalue weighted by atomic mass is 9.81. The zero-order valence-electron chi connectivity index (χ0n) is 27.8. The van der Waals surface area contributed by atoms with Crippen LogP contribution in [0.5, 0.6) is 0 Å². The predicted octanol–water partition coefficient (Wildman–Crippen LogP) is 7.91. The van der Waals surface area contributed by atoms with Crippen LogP contribution in [0, 0.1) is 11.8 Å². The highest BCUT2D eigenvalue weighted by molar-refractivity contribution is 5.69. The summed E-state index contributed by atoms with van der Waals surface area (Å²) in [5.74, 6) is 0.483.